The van der Waals surface area contributed by atoms with Gasteiger partial charge in [-0.3, -0.25) is 9.48 Å². The van der Waals surface area contributed by atoms with E-state index < -0.39 is 0 Å². The summed E-state index contributed by atoms with van der Waals surface area (Å²) in [6, 6.07) is 10.1. The van der Waals surface area contributed by atoms with Crippen LogP contribution in [0.3, 0.4) is 0 Å². The lowest BCUT2D eigenvalue weighted by atomic mass is 10.0. The molecule has 0 bridgehead atoms. The van der Waals surface area contributed by atoms with E-state index in [1.54, 1.807) is 6.20 Å². The number of H-pyrrole nitrogens is 1. The second kappa shape index (κ2) is 7.09. The zero-order valence-corrected chi connectivity index (χ0v) is 14.3. The number of piperidine rings is 1. The van der Waals surface area contributed by atoms with Gasteiger partial charge in [0.1, 0.15) is 5.82 Å². The van der Waals surface area contributed by atoms with Crippen LogP contribution in [-0.2, 0) is 17.8 Å². The first-order valence-corrected chi connectivity index (χ1v) is 9.00. The molecule has 1 N–H and O–H groups in total. The predicted molar refractivity (Wildman–Crippen MR) is 96.0 cm³/mol. The maximum atomic E-state index is 12.8. The molecule has 0 spiro atoms. The third-order valence-electron chi connectivity index (χ3n) is 4.92. The van der Waals surface area contributed by atoms with Gasteiger partial charge in [-0.15, -0.1) is 0 Å². The number of aryl methyl sites for hydroxylation is 1. The Bertz CT molecular complexity index is 806. The molecule has 1 aliphatic heterocycles. The molecule has 0 radical (unpaired) electrons. The Kier molecular flexibility index (Phi) is 4.50. The molecule has 1 aromatic carbocycles. The number of hydrogen-bond acceptors (Lipinski definition) is 3. The molecule has 1 amide bonds. The first-order valence-electron chi connectivity index (χ1n) is 9.00. The fraction of sp³-hybridized carbons (Fsp3) is 0.421. The maximum Gasteiger partial charge on any atom is 0.223 e. The molecule has 0 aliphatic carbocycles. The van der Waals surface area contributed by atoms with E-state index in [0.29, 0.717) is 12.8 Å². The van der Waals surface area contributed by atoms with Crippen molar-refractivity contribution in [1.82, 2.24) is 24.6 Å². The van der Waals surface area contributed by atoms with Crippen LogP contribution in [0.2, 0.25) is 0 Å². The number of rotatable bonds is 5. The number of benzene rings is 1. The van der Waals surface area contributed by atoms with Crippen molar-refractivity contribution in [3.8, 4) is 0 Å². The molecule has 6 nitrogen and oxygen atoms in total. The van der Waals surface area contributed by atoms with E-state index in [-0.39, 0.29) is 11.9 Å². The normalized spacial score (nSPS) is 17.9. The summed E-state index contributed by atoms with van der Waals surface area (Å²) in [5, 5.41) is 4.29. The number of aromatic nitrogens is 4. The van der Waals surface area contributed by atoms with Gasteiger partial charge in [0, 0.05) is 31.8 Å². The summed E-state index contributed by atoms with van der Waals surface area (Å²) >= 11 is 0. The molecular formula is C19H23N5O. The number of imidazole rings is 1. The van der Waals surface area contributed by atoms with Crippen molar-refractivity contribution in [3.63, 3.8) is 0 Å². The number of likely N-dealkylation sites (tertiary alicyclic amines) is 1. The van der Waals surface area contributed by atoms with Gasteiger partial charge in [-0.1, -0.05) is 12.1 Å². The number of carbonyl (C=O) groups excluding carboxylic acids is 1. The van der Waals surface area contributed by atoms with Gasteiger partial charge in [-0.25, -0.2) is 4.98 Å². The Morgan fingerprint density at radius 3 is 3.00 bits per heavy atom. The Labute approximate surface area is 146 Å². The molecule has 1 atom stereocenters. The summed E-state index contributed by atoms with van der Waals surface area (Å²) in [4.78, 5) is 22.7. The molecule has 1 saturated heterocycles. The Morgan fingerprint density at radius 1 is 1.24 bits per heavy atom. The van der Waals surface area contributed by atoms with Crippen LogP contribution in [0, 0.1) is 0 Å². The first kappa shape index (κ1) is 15.9. The molecule has 130 valence electrons. The van der Waals surface area contributed by atoms with Crippen LogP contribution in [0.1, 0.15) is 31.5 Å². The lowest BCUT2D eigenvalue weighted by Gasteiger charge is -2.35. The molecule has 1 aliphatic rings. The van der Waals surface area contributed by atoms with Crippen LogP contribution in [-0.4, -0.2) is 43.1 Å². The van der Waals surface area contributed by atoms with Gasteiger partial charge in [-0.05, 0) is 37.5 Å². The zero-order chi connectivity index (χ0) is 17.1. The van der Waals surface area contributed by atoms with E-state index in [2.05, 4.69) is 15.1 Å². The monoisotopic (exact) mass is 337 g/mol. The van der Waals surface area contributed by atoms with Crippen LogP contribution in [0.4, 0.5) is 0 Å². The minimum absolute atomic E-state index is 0.220. The van der Waals surface area contributed by atoms with Crippen molar-refractivity contribution in [1.29, 1.82) is 0 Å². The molecule has 4 rings (SSSR count). The van der Waals surface area contributed by atoms with Crippen molar-refractivity contribution < 1.29 is 4.79 Å². The quantitative estimate of drug-likeness (QED) is 0.778. The van der Waals surface area contributed by atoms with E-state index in [4.69, 9.17) is 0 Å². The number of nitrogens with zero attached hydrogens (tertiary/aromatic N) is 4. The lowest BCUT2D eigenvalue weighted by Crippen LogP contribution is -2.46. The van der Waals surface area contributed by atoms with E-state index in [1.807, 2.05) is 46.1 Å². The summed E-state index contributed by atoms with van der Waals surface area (Å²) < 4.78 is 1.93. The molecule has 3 heterocycles. The molecule has 0 saturated carbocycles. The standard InChI is InChI=1S/C19H23N5O/c25-19(10-9-18-21-16-7-1-2-8-17(16)22-18)24-13-4-3-6-15(24)14-23-12-5-11-20-23/h1-2,5,7-8,11-12,15H,3-4,6,9-10,13-14H2,(H,21,22)/t15-/m1/s1. The highest BCUT2D eigenvalue weighted by atomic mass is 16.2. The second-order valence-electron chi connectivity index (χ2n) is 6.67. The number of para-hydroxylation sites is 2. The average Bonchev–Trinajstić information content (AvgIpc) is 3.29. The van der Waals surface area contributed by atoms with Crippen molar-refractivity contribution in [3.05, 3.63) is 48.5 Å². The molecule has 0 unspecified atom stereocenters. The summed E-state index contributed by atoms with van der Waals surface area (Å²) in [5.74, 6) is 1.10. The van der Waals surface area contributed by atoms with Crippen molar-refractivity contribution in [2.75, 3.05) is 6.54 Å². The fourth-order valence-electron chi connectivity index (χ4n) is 3.64. The van der Waals surface area contributed by atoms with Gasteiger partial charge < -0.3 is 9.88 Å². The number of aromatic amines is 1. The number of carbonyl (C=O) groups is 1. The van der Waals surface area contributed by atoms with Crippen molar-refractivity contribution in [2.45, 2.75) is 44.7 Å². The molecule has 6 heteroatoms. The van der Waals surface area contributed by atoms with Crippen LogP contribution in [0.25, 0.3) is 11.0 Å². The Hall–Kier alpha value is -2.63. The number of amides is 1. The average molecular weight is 337 g/mol. The van der Waals surface area contributed by atoms with Gasteiger partial charge in [0.25, 0.3) is 0 Å². The minimum Gasteiger partial charge on any atom is -0.342 e. The molecule has 3 aromatic rings. The molecule has 2 aromatic heterocycles. The van der Waals surface area contributed by atoms with E-state index in [0.717, 1.165) is 42.8 Å². The lowest BCUT2D eigenvalue weighted by molar-refractivity contribution is -0.135. The summed E-state index contributed by atoms with van der Waals surface area (Å²) in [6.45, 7) is 1.63. The van der Waals surface area contributed by atoms with Crippen molar-refractivity contribution in [2.24, 2.45) is 0 Å². The van der Waals surface area contributed by atoms with Gasteiger partial charge in [0.15, 0.2) is 0 Å². The predicted octanol–water partition coefficient (Wildman–Crippen LogP) is 2.77. The Balaban J connectivity index is 1.39. The van der Waals surface area contributed by atoms with Gasteiger partial charge in [0.05, 0.1) is 23.6 Å². The highest BCUT2D eigenvalue weighted by Gasteiger charge is 2.26. The van der Waals surface area contributed by atoms with E-state index >= 15 is 0 Å². The summed E-state index contributed by atoms with van der Waals surface area (Å²) in [5.41, 5.74) is 1.99. The van der Waals surface area contributed by atoms with Gasteiger partial charge in [-0.2, -0.15) is 5.10 Å². The SMILES string of the molecule is O=C(CCc1nc2ccccc2[nH]1)N1CCCC[C@@H]1Cn1cccn1. The number of hydrogen-bond donors (Lipinski definition) is 1. The largest absolute Gasteiger partial charge is 0.342 e. The van der Waals surface area contributed by atoms with E-state index in [1.165, 1.54) is 6.42 Å². The summed E-state index contributed by atoms with van der Waals surface area (Å²) in [6.07, 6.45) is 8.22. The Morgan fingerprint density at radius 2 is 2.16 bits per heavy atom. The van der Waals surface area contributed by atoms with Gasteiger partial charge in [0.2, 0.25) is 5.91 Å². The molecule has 1 fully saturated rings. The molecular weight excluding hydrogens is 314 g/mol. The van der Waals surface area contributed by atoms with Crippen LogP contribution in [0.15, 0.2) is 42.7 Å². The summed E-state index contributed by atoms with van der Waals surface area (Å²) in [7, 11) is 0. The first-order chi connectivity index (χ1) is 12.3. The van der Waals surface area contributed by atoms with Crippen LogP contribution < -0.4 is 0 Å². The highest BCUT2D eigenvalue weighted by Crippen LogP contribution is 2.20. The number of fused-ring (bicyclic) bond motifs is 1. The third kappa shape index (κ3) is 3.57. The topological polar surface area (TPSA) is 66.8 Å². The third-order valence-corrected chi connectivity index (χ3v) is 4.92. The van der Waals surface area contributed by atoms with Crippen LogP contribution >= 0.6 is 0 Å². The smallest absolute Gasteiger partial charge is 0.223 e. The second-order valence-corrected chi connectivity index (χ2v) is 6.67. The molecule has 25 heavy (non-hydrogen) atoms. The van der Waals surface area contributed by atoms with Gasteiger partial charge >= 0.3 is 0 Å². The zero-order valence-electron chi connectivity index (χ0n) is 14.3. The van der Waals surface area contributed by atoms with E-state index in [9.17, 15) is 4.79 Å². The van der Waals surface area contributed by atoms with Crippen LogP contribution in [0.5, 0.6) is 0 Å². The minimum atomic E-state index is 0.220. The highest BCUT2D eigenvalue weighted by molar-refractivity contribution is 5.77. The number of nitrogens with one attached hydrogen (secondary N) is 1. The maximum absolute atomic E-state index is 12.8. The fourth-order valence-corrected chi connectivity index (χ4v) is 3.64. The van der Waals surface area contributed by atoms with Crippen molar-refractivity contribution >= 4 is 16.9 Å².